The molecule has 1 heterocycles. The predicted molar refractivity (Wildman–Crippen MR) is 76.7 cm³/mol. The molecule has 0 aromatic carbocycles. The first kappa shape index (κ1) is 13.1. The van der Waals surface area contributed by atoms with Gasteiger partial charge < -0.3 is 5.32 Å². The number of thiophene rings is 1. The molecule has 1 unspecified atom stereocenters. The van der Waals surface area contributed by atoms with Gasteiger partial charge in [-0.15, -0.1) is 0 Å². The SMILES string of the molecule is CCNC(CC1CCCCC1)c1cscc1C. The van der Waals surface area contributed by atoms with Crippen molar-refractivity contribution in [2.24, 2.45) is 5.92 Å². The van der Waals surface area contributed by atoms with E-state index >= 15 is 0 Å². The van der Waals surface area contributed by atoms with Crippen molar-refractivity contribution < 1.29 is 0 Å². The van der Waals surface area contributed by atoms with E-state index in [1.807, 2.05) is 11.3 Å². The average Bonchev–Trinajstić information content (AvgIpc) is 2.76. The van der Waals surface area contributed by atoms with Crippen molar-refractivity contribution in [3.8, 4) is 0 Å². The second kappa shape index (κ2) is 6.55. The van der Waals surface area contributed by atoms with Gasteiger partial charge >= 0.3 is 0 Å². The Kier molecular flexibility index (Phi) is 5.05. The summed E-state index contributed by atoms with van der Waals surface area (Å²) in [7, 11) is 0. The molecule has 0 bridgehead atoms. The molecule has 1 N–H and O–H groups in total. The van der Waals surface area contributed by atoms with Gasteiger partial charge in [0.1, 0.15) is 0 Å². The summed E-state index contributed by atoms with van der Waals surface area (Å²) in [6.45, 7) is 5.54. The van der Waals surface area contributed by atoms with E-state index in [0.717, 1.165) is 12.5 Å². The fourth-order valence-electron chi connectivity index (χ4n) is 3.05. The van der Waals surface area contributed by atoms with Crippen LogP contribution < -0.4 is 5.32 Å². The van der Waals surface area contributed by atoms with Crippen molar-refractivity contribution in [1.82, 2.24) is 5.32 Å². The zero-order valence-corrected chi connectivity index (χ0v) is 12.0. The monoisotopic (exact) mass is 251 g/mol. The first-order chi connectivity index (χ1) is 8.31. The predicted octanol–water partition coefficient (Wildman–Crippen LogP) is 4.68. The van der Waals surface area contributed by atoms with Crippen LogP contribution in [-0.2, 0) is 0 Å². The fourth-order valence-corrected chi connectivity index (χ4v) is 3.96. The lowest BCUT2D eigenvalue weighted by Crippen LogP contribution is -2.24. The maximum atomic E-state index is 3.68. The van der Waals surface area contributed by atoms with Crippen LogP contribution >= 0.6 is 11.3 Å². The highest BCUT2D eigenvalue weighted by Gasteiger charge is 2.20. The molecule has 1 aromatic heterocycles. The maximum absolute atomic E-state index is 3.68. The summed E-state index contributed by atoms with van der Waals surface area (Å²) < 4.78 is 0. The van der Waals surface area contributed by atoms with Crippen LogP contribution in [0.15, 0.2) is 10.8 Å². The summed E-state index contributed by atoms with van der Waals surface area (Å²) in [4.78, 5) is 0. The third-order valence-corrected chi connectivity index (χ3v) is 4.89. The van der Waals surface area contributed by atoms with Crippen LogP contribution in [0.1, 0.15) is 62.6 Å². The molecule has 0 amide bonds. The Morgan fingerprint density at radius 1 is 1.29 bits per heavy atom. The molecule has 1 fully saturated rings. The number of rotatable bonds is 5. The maximum Gasteiger partial charge on any atom is 0.0333 e. The van der Waals surface area contributed by atoms with Gasteiger partial charge in [0.2, 0.25) is 0 Å². The topological polar surface area (TPSA) is 12.0 Å². The van der Waals surface area contributed by atoms with Crippen LogP contribution in [-0.4, -0.2) is 6.54 Å². The van der Waals surface area contributed by atoms with Gasteiger partial charge in [-0.2, -0.15) is 11.3 Å². The third kappa shape index (κ3) is 3.56. The minimum absolute atomic E-state index is 0.592. The van der Waals surface area contributed by atoms with E-state index in [-0.39, 0.29) is 0 Å². The second-order valence-corrected chi connectivity index (χ2v) is 6.10. The molecule has 1 atom stereocenters. The van der Waals surface area contributed by atoms with Crippen molar-refractivity contribution in [3.63, 3.8) is 0 Å². The number of aryl methyl sites for hydroxylation is 1. The van der Waals surface area contributed by atoms with Gasteiger partial charge in [-0.3, -0.25) is 0 Å². The van der Waals surface area contributed by atoms with E-state index in [4.69, 9.17) is 0 Å². The Bertz CT molecular complexity index is 325. The average molecular weight is 251 g/mol. The summed E-state index contributed by atoms with van der Waals surface area (Å²) in [5.74, 6) is 0.951. The van der Waals surface area contributed by atoms with Crippen molar-refractivity contribution >= 4 is 11.3 Å². The molecular weight excluding hydrogens is 226 g/mol. The molecule has 0 spiro atoms. The van der Waals surface area contributed by atoms with Gasteiger partial charge in [0.05, 0.1) is 0 Å². The Morgan fingerprint density at radius 3 is 2.65 bits per heavy atom. The first-order valence-corrected chi connectivity index (χ1v) is 8.01. The zero-order chi connectivity index (χ0) is 12.1. The van der Waals surface area contributed by atoms with Crippen LogP contribution in [0.25, 0.3) is 0 Å². The number of hydrogen-bond acceptors (Lipinski definition) is 2. The molecule has 1 aliphatic carbocycles. The van der Waals surface area contributed by atoms with Crippen molar-refractivity contribution in [2.75, 3.05) is 6.54 Å². The molecule has 1 saturated carbocycles. The van der Waals surface area contributed by atoms with Gasteiger partial charge in [0.25, 0.3) is 0 Å². The van der Waals surface area contributed by atoms with Crippen LogP contribution in [0.4, 0.5) is 0 Å². The van der Waals surface area contributed by atoms with Gasteiger partial charge in [-0.25, -0.2) is 0 Å². The summed E-state index contributed by atoms with van der Waals surface area (Å²) in [5.41, 5.74) is 3.01. The Labute approximate surface area is 110 Å². The van der Waals surface area contributed by atoms with E-state index in [1.165, 1.54) is 44.1 Å². The minimum Gasteiger partial charge on any atom is -0.310 e. The molecule has 2 rings (SSSR count). The summed E-state index contributed by atoms with van der Waals surface area (Å²) >= 11 is 1.84. The van der Waals surface area contributed by atoms with E-state index in [0.29, 0.717) is 6.04 Å². The Balaban J connectivity index is 1.99. The van der Waals surface area contributed by atoms with Crippen LogP contribution in [0.3, 0.4) is 0 Å². The van der Waals surface area contributed by atoms with Crippen LogP contribution in [0, 0.1) is 12.8 Å². The molecule has 1 nitrogen and oxygen atoms in total. The van der Waals surface area contributed by atoms with Gasteiger partial charge in [-0.05, 0) is 47.7 Å². The van der Waals surface area contributed by atoms with Crippen molar-refractivity contribution in [2.45, 2.75) is 58.4 Å². The molecule has 96 valence electrons. The normalized spacial score (nSPS) is 19.4. The fraction of sp³-hybridized carbons (Fsp3) is 0.733. The lowest BCUT2D eigenvalue weighted by atomic mass is 9.83. The van der Waals surface area contributed by atoms with Crippen molar-refractivity contribution in [1.29, 1.82) is 0 Å². The lowest BCUT2D eigenvalue weighted by Gasteiger charge is -2.27. The van der Waals surface area contributed by atoms with E-state index < -0.39 is 0 Å². The number of nitrogens with one attached hydrogen (secondary N) is 1. The second-order valence-electron chi connectivity index (χ2n) is 5.36. The molecular formula is C15H25NS. The third-order valence-electron chi connectivity index (χ3n) is 4.01. The largest absolute Gasteiger partial charge is 0.310 e. The lowest BCUT2D eigenvalue weighted by molar-refractivity contribution is 0.301. The molecule has 17 heavy (non-hydrogen) atoms. The van der Waals surface area contributed by atoms with Crippen molar-refractivity contribution in [3.05, 3.63) is 21.9 Å². The highest BCUT2D eigenvalue weighted by atomic mass is 32.1. The van der Waals surface area contributed by atoms with Crippen LogP contribution in [0.5, 0.6) is 0 Å². The highest BCUT2D eigenvalue weighted by molar-refractivity contribution is 7.08. The molecule has 0 aliphatic heterocycles. The van der Waals surface area contributed by atoms with Gasteiger partial charge in [0, 0.05) is 6.04 Å². The zero-order valence-electron chi connectivity index (χ0n) is 11.2. The standard InChI is InChI=1S/C15H25NS/c1-3-16-15(14-11-17-10-12(14)2)9-13-7-5-4-6-8-13/h10-11,13,15-16H,3-9H2,1-2H3. The molecule has 1 aliphatic rings. The van der Waals surface area contributed by atoms with Gasteiger partial charge in [0.15, 0.2) is 0 Å². The number of hydrogen-bond donors (Lipinski definition) is 1. The van der Waals surface area contributed by atoms with E-state index in [9.17, 15) is 0 Å². The first-order valence-electron chi connectivity index (χ1n) is 7.07. The minimum atomic E-state index is 0.592. The quantitative estimate of drug-likeness (QED) is 0.801. The molecule has 0 radical (unpaired) electrons. The summed E-state index contributed by atoms with van der Waals surface area (Å²) in [6, 6.07) is 0.592. The summed E-state index contributed by atoms with van der Waals surface area (Å²) in [5, 5.41) is 8.30. The molecule has 0 saturated heterocycles. The van der Waals surface area contributed by atoms with Crippen LogP contribution in [0.2, 0.25) is 0 Å². The molecule has 1 aromatic rings. The summed E-state index contributed by atoms with van der Waals surface area (Å²) in [6.07, 6.45) is 8.60. The Morgan fingerprint density at radius 2 is 2.06 bits per heavy atom. The van der Waals surface area contributed by atoms with E-state index in [1.54, 1.807) is 5.56 Å². The van der Waals surface area contributed by atoms with E-state index in [2.05, 4.69) is 29.9 Å². The highest BCUT2D eigenvalue weighted by Crippen LogP contribution is 2.33. The smallest absolute Gasteiger partial charge is 0.0333 e. The van der Waals surface area contributed by atoms with Gasteiger partial charge in [-0.1, -0.05) is 39.0 Å². The molecule has 2 heteroatoms. The Hall–Kier alpha value is -0.340.